The molecule has 0 saturated carbocycles. The van der Waals surface area contributed by atoms with Gasteiger partial charge in [-0.25, -0.2) is 4.79 Å². The van der Waals surface area contributed by atoms with Crippen molar-refractivity contribution in [1.82, 2.24) is 24.7 Å². The summed E-state index contributed by atoms with van der Waals surface area (Å²) in [6.45, 7) is 8.15. The number of aromatic nitrogens is 2. The van der Waals surface area contributed by atoms with E-state index in [0.29, 0.717) is 13.1 Å². The number of urea groups is 1. The first kappa shape index (κ1) is 24.7. The molecule has 38 heavy (non-hydrogen) atoms. The van der Waals surface area contributed by atoms with E-state index < -0.39 is 0 Å². The summed E-state index contributed by atoms with van der Waals surface area (Å²) in [7, 11) is 3.36. The van der Waals surface area contributed by atoms with Crippen molar-refractivity contribution in [1.29, 1.82) is 0 Å². The average molecular weight is 514 g/mol. The molecule has 0 bridgehead atoms. The average Bonchev–Trinajstić information content (AvgIpc) is 3.04. The molecule has 3 aliphatic rings. The number of methoxy groups -OCH3 is 2. The summed E-state index contributed by atoms with van der Waals surface area (Å²) in [5, 5.41) is 0. The molecule has 6 rings (SSSR count). The maximum atomic E-state index is 13.9. The summed E-state index contributed by atoms with van der Waals surface area (Å²) < 4.78 is 11.3. The van der Waals surface area contributed by atoms with Gasteiger partial charge in [0.25, 0.3) is 0 Å². The molecule has 198 valence electrons. The van der Waals surface area contributed by atoms with Crippen LogP contribution in [0, 0.1) is 0 Å². The Balaban J connectivity index is 1.31. The topological polar surface area (TPSA) is 71.0 Å². The van der Waals surface area contributed by atoms with Gasteiger partial charge in [-0.1, -0.05) is 25.1 Å². The number of ether oxygens (including phenoxy) is 2. The van der Waals surface area contributed by atoms with Gasteiger partial charge in [-0.05, 0) is 43.0 Å². The number of rotatable bonds is 5. The van der Waals surface area contributed by atoms with Crippen LogP contribution in [-0.4, -0.2) is 70.1 Å². The second-order valence-electron chi connectivity index (χ2n) is 10.5. The molecular weight excluding hydrogens is 478 g/mol. The summed E-state index contributed by atoms with van der Waals surface area (Å²) in [4.78, 5) is 29.5. The van der Waals surface area contributed by atoms with Crippen molar-refractivity contribution in [3.8, 4) is 11.5 Å². The maximum absolute atomic E-state index is 13.9. The third-order valence-corrected chi connectivity index (χ3v) is 8.57. The lowest BCUT2D eigenvalue weighted by molar-refractivity contribution is 0.0890. The van der Waals surface area contributed by atoms with Gasteiger partial charge in [0, 0.05) is 61.8 Å². The number of nitrogens with zero attached hydrogens (tertiary/aromatic N) is 5. The zero-order valence-corrected chi connectivity index (χ0v) is 22.6. The Morgan fingerprint density at radius 2 is 1.87 bits per heavy atom. The van der Waals surface area contributed by atoms with Gasteiger partial charge in [0.2, 0.25) is 0 Å². The quantitative estimate of drug-likeness (QED) is 0.481. The number of para-hydroxylation sites is 1. The molecule has 1 aromatic heterocycles. The van der Waals surface area contributed by atoms with E-state index in [2.05, 4.69) is 57.9 Å². The fourth-order valence-corrected chi connectivity index (χ4v) is 6.77. The van der Waals surface area contributed by atoms with Gasteiger partial charge in [0.15, 0.2) is 0 Å². The standard InChI is InChI=1S/C30H35N5O3/c1-5-35-29(36)34-19-22-16-23(37-3)17-25(38-4)27(22)20(2)15-26(34)30(35)9-13-33(14-10-30)18-21-7-6-8-24-28(21)32-12-11-31-24/h6-8,11-12,15-17,20H,5,9-10,13-14,18-19H2,1-4H3/t20-/m0/s1. The highest BCUT2D eigenvalue weighted by molar-refractivity contribution is 5.83. The Kier molecular flexibility index (Phi) is 6.22. The Hall–Kier alpha value is -3.65. The molecule has 0 unspecified atom stereocenters. The summed E-state index contributed by atoms with van der Waals surface area (Å²) in [6, 6.07) is 10.3. The van der Waals surface area contributed by atoms with Crippen LogP contribution in [0.4, 0.5) is 4.79 Å². The molecule has 1 atom stereocenters. The maximum Gasteiger partial charge on any atom is 0.325 e. The van der Waals surface area contributed by atoms with Crippen molar-refractivity contribution in [2.24, 2.45) is 0 Å². The molecule has 8 nitrogen and oxygen atoms in total. The molecule has 0 aliphatic carbocycles. The third kappa shape index (κ3) is 3.81. The van der Waals surface area contributed by atoms with Crippen molar-refractivity contribution in [3.05, 3.63) is 71.2 Å². The zero-order chi connectivity index (χ0) is 26.4. The summed E-state index contributed by atoms with van der Waals surface area (Å²) in [5.74, 6) is 1.67. The number of likely N-dealkylation sites (N-methyl/N-ethyl adjacent to an activating group) is 1. The first-order valence-electron chi connectivity index (χ1n) is 13.5. The smallest absolute Gasteiger partial charge is 0.325 e. The minimum atomic E-state index is -0.297. The number of likely N-dealkylation sites (tertiary alicyclic amines) is 1. The molecule has 1 spiro atoms. The van der Waals surface area contributed by atoms with Gasteiger partial charge in [-0.3, -0.25) is 19.8 Å². The number of carbonyl (C=O) groups is 1. The molecule has 2 amide bonds. The van der Waals surface area contributed by atoms with E-state index in [-0.39, 0.29) is 17.5 Å². The molecule has 2 fully saturated rings. The predicted molar refractivity (Wildman–Crippen MR) is 146 cm³/mol. The molecule has 2 saturated heterocycles. The number of fused-ring (bicyclic) bond motifs is 4. The van der Waals surface area contributed by atoms with E-state index in [1.54, 1.807) is 26.6 Å². The number of hydrogen-bond donors (Lipinski definition) is 0. The van der Waals surface area contributed by atoms with Gasteiger partial charge in [0.1, 0.15) is 11.5 Å². The number of hydrogen-bond acceptors (Lipinski definition) is 6. The zero-order valence-electron chi connectivity index (χ0n) is 22.6. The molecule has 0 radical (unpaired) electrons. The van der Waals surface area contributed by atoms with Crippen LogP contribution >= 0.6 is 0 Å². The number of allylic oxidation sites excluding steroid dienone is 1. The number of benzene rings is 2. The van der Waals surface area contributed by atoms with Crippen LogP contribution in [-0.2, 0) is 13.1 Å². The number of amides is 2. The van der Waals surface area contributed by atoms with Gasteiger partial charge in [-0.15, -0.1) is 0 Å². The van der Waals surface area contributed by atoms with Crippen molar-refractivity contribution in [2.75, 3.05) is 33.9 Å². The van der Waals surface area contributed by atoms with E-state index in [9.17, 15) is 4.79 Å². The first-order valence-corrected chi connectivity index (χ1v) is 13.5. The minimum absolute atomic E-state index is 0.0957. The highest BCUT2D eigenvalue weighted by Crippen LogP contribution is 2.49. The SMILES string of the molecule is CCN1C(=O)N2Cc3cc(OC)cc(OC)c3[C@@H](C)C=C2C12CCN(Cc1cccc3nccnc13)CC2. The van der Waals surface area contributed by atoms with Crippen LogP contribution in [0.15, 0.2) is 54.5 Å². The van der Waals surface area contributed by atoms with E-state index in [4.69, 9.17) is 9.47 Å². The lowest BCUT2D eigenvalue weighted by Gasteiger charge is -2.44. The van der Waals surface area contributed by atoms with E-state index in [1.807, 2.05) is 17.0 Å². The van der Waals surface area contributed by atoms with Crippen molar-refractivity contribution in [2.45, 2.75) is 51.2 Å². The second kappa shape index (κ2) is 9.58. The van der Waals surface area contributed by atoms with Crippen LogP contribution in [0.25, 0.3) is 11.0 Å². The first-order chi connectivity index (χ1) is 18.5. The third-order valence-electron chi connectivity index (χ3n) is 8.57. The van der Waals surface area contributed by atoms with E-state index in [0.717, 1.165) is 71.8 Å². The molecule has 3 aromatic rings. The molecular formula is C30H35N5O3. The monoisotopic (exact) mass is 513 g/mol. The Bertz CT molecular complexity index is 1410. The van der Waals surface area contributed by atoms with Crippen LogP contribution < -0.4 is 9.47 Å². The fourth-order valence-electron chi connectivity index (χ4n) is 6.77. The molecule has 3 aliphatic heterocycles. The van der Waals surface area contributed by atoms with Crippen molar-refractivity contribution >= 4 is 17.1 Å². The van der Waals surface area contributed by atoms with Gasteiger partial charge in [0.05, 0.1) is 37.3 Å². The lowest BCUT2D eigenvalue weighted by atomic mass is 9.82. The molecule has 8 heteroatoms. The van der Waals surface area contributed by atoms with Crippen LogP contribution in [0.3, 0.4) is 0 Å². The summed E-state index contributed by atoms with van der Waals surface area (Å²) in [5.41, 5.74) is 6.15. The largest absolute Gasteiger partial charge is 0.497 e. The van der Waals surface area contributed by atoms with Gasteiger partial charge in [-0.2, -0.15) is 0 Å². The Labute approximate surface area is 223 Å². The summed E-state index contributed by atoms with van der Waals surface area (Å²) in [6.07, 6.45) is 7.61. The predicted octanol–water partition coefficient (Wildman–Crippen LogP) is 4.94. The second-order valence-corrected chi connectivity index (χ2v) is 10.5. The molecule has 2 aromatic carbocycles. The van der Waals surface area contributed by atoms with Gasteiger partial charge < -0.3 is 14.4 Å². The molecule has 4 heterocycles. The van der Waals surface area contributed by atoms with Crippen molar-refractivity contribution in [3.63, 3.8) is 0 Å². The number of piperidine rings is 1. The number of carbonyl (C=O) groups excluding carboxylic acids is 1. The highest BCUT2D eigenvalue weighted by atomic mass is 16.5. The Morgan fingerprint density at radius 1 is 1.08 bits per heavy atom. The van der Waals surface area contributed by atoms with Crippen LogP contribution in [0.5, 0.6) is 11.5 Å². The van der Waals surface area contributed by atoms with Crippen LogP contribution in [0.1, 0.15) is 49.3 Å². The summed E-state index contributed by atoms with van der Waals surface area (Å²) >= 11 is 0. The lowest BCUT2D eigenvalue weighted by Crippen LogP contribution is -2.53. The van der Waals surface area contributed by atoms with Gasteiger partial charge >= 0.3 is 6.03 Å². The fraction of sp³-hybridized carbons (Fsp3) is 0.433. The Morgan fingerprint density at radius 3 is 2.61 bits per heavy atom. The van der Waals surface area contributed by atoms with E-state index >= 15 is 0 Å². The highest BCUT2D eigenvalue weighted by Gasteiger charge is 2.54. The minimum Gasteiger partial charge on any atom is -0.497 e. The normalized spacial score (nSPS) is 20.8. The van der Waals surface area contributed by atoms with Crippen LogP contribution in [0.2, 0.25) is 0 Å². The molecule has 0 N–H and O–H groups in total. The van der Waals surface area contributed by atoms with E-state index in [1.165, 1.54) is 5.56 Å². The van der Waals surface area contributed by atoms with Crippen molar-refractivity contribution < 1.29 is 14.3 Å².